The van der Waals surface area contributed by atoms with Crippen LogP contribution < -0.4 is 5.32 Å². The van der Waals surface area contributed by atoms with E-state index in [1.165, 1.54) is 32.1 Å². The highest BCUT2D eigenvalue weighted by molar-refractivity contribution is 5.75. The predicted octanol–water partition coefficient (Wildman–Crippen LogP) is 5.17. The first-order valence-electron chi connectivity index (χ1n) is 14.8. The molecule has 0 aliphatic carbocycles. The highest BCUT2D eigenvalue weighted by Gasteiger charge is 2.01. The second kappa shape index (κ2) is 29.8. The molecule has 0 aromatic rings. The van der Waals surface area contributed by atoms with Crippen LogP contribution in [0.15, 0.2) is 0 Å². The Hall–Kier alpha value is -0.770. The zero-order chi connectivity index (χ0) is 27.2. The minimum atomic E-state index is 0.107. The van der Waals surface area contributed by atoms with E-state index in [9.17, 15) is 4.79 Å². The van der Waals surface area contributed by atoms with Gasteiger partial charge in [0.1, 0.15) is 0 Å². The quantitative estimate of drug-likeness (QED) is 0.128. The number of rotatable bonds is 30. The molecule has 0 rings (SSSR count). The van der Waals surface area contributed by atoms with E-state index in [-0.39, 0.29) is 5.91 Å². The van der Waals surface area contributed by atoms with Gasteiger partial charge in [-0.15, -0.1) is 0 Å². The molecule has 1 unspecified atom stereocenters. The van der Waals surface area contributed by atoms with Crippen LogP contribution in [0.3, 0.4) is 0 Å². The van der Waals surface area contributed by atoms with Crippen molar-refractivity contribution in [3.63, 3.8) is 0 Å². The Morgan fingerprint density at radius 3 is 1.62 bits per heavy atom. The van der Waals surface area contributed by atoms with E-state index in [2.05, 4.69) is 33.0 Å². The third-order valence-electron chi connectivity index (χ3n) is 5.99. The number of ether oxygens (including phenoxy) is 6. The van der Waals surface area contributed by atoms with Gasteiger partial charge in [0.2, 0.25) is 5.91 Å². The first kappa shape index (κ1) is 36.2. The van der Waals surface area contributed by atoms with Crippen molar-refractivity contribution in [2.45, 2.75) is 98.0 Å². The first-order valence-corrected chi connectivity index (χ1v) is 14.8. The summed E-state index contributed by atoms with van der Waals surface area (Å²) in [5.41, 5.74) is 0. The zero-order valence-corrected chi connectivity index (χ0v) is 24.6. The smallest absolute Gasteiger partial charge is 0.220 e. The van der Waals surface area contributed by atoms with Gasteiger partial charge in [-0.1, -0.05) is 46.0 Å². The lowest BCUT2D eigenvalue weighted by Crippen LogP contribution is -2.27. The number of amides is 1. The highest BCUT2D eigenvalue weighted by atomic mass is 16.6. The van der Waals surface area contributed by atoms with Crippen LogP contribution in [0.4, 0.5) is 0 Å². The molecule has 0 aliphatic rings. The average Bonchev–Trinajstić information content (AvgIpc) is 2.88. The van der Waals surface area contributed by atoms with Crippen molar-refractivity contribution in [3.8, 4) is 0 Å². The number of carbonyl (C=O) groups is 1. The van der Waals surface area contributed by atoms with E-state index in [1.54, 1.807) is 0 Å². The normalized spacial score (nSPS) is 12.4. The zero-order valence-electron chi connectivity index (χ0n) is 24.6. The topological polar surface area (TPSA) is 84.5 Å². The van der Waals surface area contributed by atoms with Gasteiger partial charge in [-0.2, -0.15) is 0 Å². The van der Waals surface area contributed by atoms with Crippen LogP contribution >= 0.6 is 0 Å². The molecule has 0 radical (unpaired) electrons. The van der Waals surface area contributed by atoms with Gasteiger partial charge in [0.25, 0.3) is 0 Å². The molecule has 1 amide bonds. The number of carbonyl (C=O) groups excluding carboxylic acids is 1. The summed E-state index contributed by atoms with van der Waals surface area (Å²) in [6.45, 7) is 15.8. The van der Waals surface area contributed by atoms with Crippen molar-refractivity contribution in [3.05, 3.63) is 0 Å². The fraction of sp³-hybridized carbons (Fsp3) is 0.966. The van der Waals surface area contributed by atoms with Crippen molar-refractivity contribution < 1.29 is 33.2 Å². The second-order valence-electron chi connectivity index (χ2n) is 9.86. The number of hydrogen-bond donors (Lipinski definition) is 1. The van der Waals surface area contributed by atoms with E-state index in [4.69, 9.17) is 28.4 Å². The van der Waals surface area contributed by atoms with E-state index >= 15 is 0 Å². The molecule has 0 aromatic heterocycles. The Labute approximate surface area is 227 Å². The molecule has 222 valence electrons. The van der Waals surface area contributed by atoms with Gasteiger partial charge < -0.3 is 33.7 Å². The largest absolute Gasteiger partial charge is 0.379 e. The summed E-state index contributed by atoms with van der Waals surface area (Å²) in [5, 5.41) is 2.91. The monoisotopic (exact) mass is 533 g/mol. The van der Waals surface area contributed by atoms with Crippen LogP contribution in [0.1, 0.15) is 91.9 Å². The Kier molecular flexibility index (Phi) is 29.2. The van der Waals surface area contributed by atoms with Gasteiger partial charge in [0.15, 0.2) is 0 Å². The SMILES string of the molecule is CCC(C)CCCOCCOCCOCCOCCOCCNC(=O)CCCCCCCCOC(C)C. The summed E-state index contributed by atoms with van der Waals surface area (Å²) >= 11 is 0. The minimum Gasteiger partial charge on any atom is -0.379 e. The van der Waals surface area contributed by atoms with Gasteiger partial charge in [-0.3, -0.25) is 4.79 Å². The molecule has 8 nitrogen and oxygen atoms in total. The van der Waals surface area contributed by atoms with Crippen molar-refractivity contribution in [1.82, 2.24) is 5.32 Å². The molecule has 0 aliphatic heterocycles. The number of hydrogen-bond acceptors (Lipinski definition) is 7. The summed E-state index contributed by atoms with van der Waals surface area (Å²) in [5.74, 6) is 0.893. The Balaban J connectivity index is 3.15. The summed E-state index contributed by atoms with van der Waals surface area (Å²) in [6.07, 6.45) is 11.3. The van der Waals surface area contributed by atoms with Gasteiger partial charge in [-0.05, 0) is 45.4 Å². The molecule has 0 saturated heterocycles. The molecule has 1 N–H and O–H groups in total. The van der Waals surface area contributed by atoms with E-state index in [1.807, 2.05) is 0 Å². The van der Waals surface area contributed by atoms with Crippen LogP contribution in [-0.4, -0.2) is 91.2 Å². The fourth-order valence-corrected chi connectivity index (χ4v) is 3.48. The van der Waals surface area contributed by atoms with Gasteiger partial charge >= 0.3 is 0 Å². The molecule has 0 bridgehead atoms. The molecule has 37 heavy (non-hydrogen) atoms. The van der Waals surface area contributed by atoms with Crippen LogP contribution in [0.2, 0.25) is 0 Å². The van der Waals surface area contributed by atoms with Crippen molar-refractivity contribution in [1.29, 1.82) is 0 Å². The molecule has 0 heterocycles. The maximum atomic E-state index is 11.8. The Morgan fingerprint density at radius 1 is 0.595 bits per heavy atom. The van der Waals surface area contributed by atoms with Crippen molar-refractivity contribution >= 4 is 5.91 Å². The van der Waals surface area contributed by atoms with E-state index in [0.717, 1.165) is 44.8 Å². The molecule has 0 fully saturated rings. The highest BCUT2D eigenvalue weighted by Crippen LogP contribution is 2.09. The third kappa shape index (κ3) is 31.3. The van der Waals surface area contributed by atoms with Crippen LogP contribution in [0.25, 0.3) is 0 Å². The molecule has 0 spiro atoms. The molecule has 1 atom stereocenters. The van der Waals surface area contributed by atoms with Crippen molar-refractivity contribution in [2.24, 2.45) is 5.92 Å². The summed E-state index contributed by atoms with van der Waals surface area (Å²) in [6, 6.07) is 0. The van der Waals surface area contributed by atoms with Crippen LogP contribution in [0, 0.1) is 5.92 Å². The first-order chi connectivity index (χ1) is 18.1. The number of nitrogens with one attached hydrogen (secondary N) is 1. The lowest BCUT2D eigenvalue weighted by atomic mass is 10.0. The van der Waals surface area contributed by atoms with Crippen LogP contribution in [-0.2, 0) is 33.2 Å². The van der Waals surface area contributed by atoms with Gasteiger partial charge in [-0.25, -0.2) is 0 Å². The van der Waals surface area contributed by atoms with E-state index < -0.39 is 0 Å². The molecule has 0 saturated carbocycles. The maximum absolute atomic E-state index is 11.8. The Bertz CT molecular complexity index is 466. The predicted molar refractivity (Wildman–Crippen MR) is 149 cm³/mol. The lowest BCUT2D eigenvalue weighted by molar-refractivity contribution is -0.121. The number of unbranched alkanes of at least 4 members (excludes halogenated alkanes) is 5. The van der Waals surface area contributed by atoms with Crippen molar-refractivity contribution in [2.75, 3.05) is 79.2 Å². The summed E-state index contributed by atoms with van der Waals surface area (Å²) in [4.78, 5) is 11.8. The minimum absolute atomic E-state index is 0.107. The molecule has 8 heteroatoms. The fourth-order valence-electron chi connectivity index (χ4n) is 3.48. The van der Waals surface area contributed by atoms with Gasteiger partial charge in [0.05, 0.1) is 65.6 Å². The maximum Gasteiger partial charge on any atom is 0.220 e. The third-order valence-corrected chi connectivity index (χ3v) is 5.99. The second-order valence-corrected chi connectivity index (χ2v) is 9.86. The van der Waals surface area contributed by atoms with Crippen LogP contribution in [0.5, 0.6) is 0 Å². The standard InChI is InChI=1S/C29H59NO7/c1-5-28(4)13-12-16-32-19-21-34-23-25-36-26-24-35-22-20-33-18-15-30-29(31)14-10-8-6-7-9-11-17-37-27(2)3/h27-28H,5-26H2,1-4H3,(H,30,31). The Morgan fingerprint density at radius 2 is 1.08 bits per heavy atom. The molecule has 0 aromatic carbocycles. The molecular formula is C29H59NO7. The summed E-state index contributed by atoms with van der Waals surface area (Å²) < 4.78 is 33.0. The summed E-state index contributed by atoms with van der Waals surface area (Å²) in [7, 11) is 0. The average molecular weight is 534 g/mol. The van der Waals surface area contributed by atoms with Gasteiger partial charge in [0, 0.05) is 26.2 Å². The van der Waals surface area contributed by atoms with E-state index in [0.29, 0.717) is 78.5 Å². The lowest BCUT2D eigenvalue weighted by Gasteiger charge is -2.09. The molecular weight excluding hydrogens is 474 g/mol.